The maximum Gasteiger partial charge on any atom is 0.335 e. The van der Waals surface area contributed by atoms with Crippen molar-refractivity contribution in [3.63, 3.8) is 0 Å². The second-order valence-corrected chi connectivity index (χ2v) is 5.02. The Morgan fingerprint density at radius 1 is 0.808 bits per heavy atom. The average Bonchev–Trinajstić information content (AvgIpc) is 2.64. The summed E-state index contributed by atoms with van der Waals surface area (Å²) in [4.78, 5) is 22.6. The van der Waals surface area contributed by atoms with Crippen molar-refractivity contribution in [1.82, 2.24) is 0 Å². The number of rotatable bonds is 7. The summed E-state index contributed by atoms with van der Waals surface area (Å²) in [7, 11) is 0. The van der Waals surface area contributed by atoms with Gasteiger partial charge in [0, 0.05) is 11.1 Å². The molecule has 0 radical (unpaired) electrons. The summed E-state index contributed by atoms with van der Waals surface area (Å²) < 4.78 is 10.9. The standard InChI is InChI=1S/C20H14O6/c1-3-9-25-17-7-5-13(19(21)22)11-15(17)16-12-14(20(23)24)6-8-18(16)26-10-4-2/h1-2,5-8,11-12H,9-10H2,(H,21,22)(H,23,24). The molecular weight excluding hydrogens is 336 g/mol. The number of benzene rings is 2. The number of carbonyl (C=O) groups is 2. The summed E-state index contributed by atoms with van der Waals surface area (Å²) >= 11 is 0. The van der Waals surface area contributed by atoms with Crippen molar-refractivity contribution in [2.24, 2.45) is 0 Å². The SMILES string of the molecule is C#CCOc1ccc(C(=O)O)cc1-c1cc(C(=O)O)ccc1OCC#C. The van der Waals surface area contributed by atoms with Gasteiger partial charge in [-0.05, 0) is 36.4 Å². The molecule has 0 aliphatic rings. The maximum absolute atomic E-state index is 11.3. The van der Waals surface area contributed by atoms with Crippen molar-refractivity contribution in [2.45, 2.75) is 0 Å². The van der Waals surface area contributed by atoms with Crippen molar-refractivity contribution < 1.29 is 29.3 Å². The Morgan fingerprint density at radius 2 is 1.19 bits per heavy atom. The minimum Gasteiger partial charge on any atom is -0.480 e. The smallest absolute Gasteiger partial charge is 0.335 e. The fraction of sp³-hybridized carbons (Fsp3) is 0.100. The van der Waals surface area contributed by atoms with Crippen molar-refractivity contribution in [3.05, 3.63) is 47.5 Å². The van der Waals surface area contributed by atoms with Gasteiger partial charge in [-0.2, -0.15) is 0 Å². The van der Waals surface area contributed by atoms with Crippen molar-refractivity contribution in [2.75, 3.05) is 13.2 Å². The number of aromatic carboxylic acids is 2. The first-order chi connectivity index (χ1) is 12.5. The summed E-state index contributed by atoms with van der Waals surface area (Å²) in [5, 5.41) is 18.5. The summed E-state index contributed by atoms with van der Waals surface area (Å²) in [5.41, 5.74) is 0.652. The molecule has 0 unspecified atom stereocenters. The van der Waals surface area contributed by atoms with E-state index < -0.39 is 11.9 Å². The normalized spacial score (nSPS) is 9.62. The van der Waals surface area contributed by atoms with Gasteiger partial charge in [-0.3, -0.25) is 0 Å². The van der Waals surface area contributed by atoms with Gasteiger partial charge >= 0.3 is 11.9 Å². The Labute approximate surface area is 150 Å². The third kappa shape index (κ3) is 4.14. The molecule has 0 spiro atoms. The molecule has 6 heteroatoms. The second-order valence-electron chi connectivity index (χ2n) is 5.02. The average molecular weight is 350 g/mol. The number of hydrogen-bond donors (Lipinski definition) is 2. The first kappa shape index (κ1) is 18.4. The fourth-order valence-corrected chi connectivity index (χ4v) is 2.24. The molecule has 130 valence electrons. The Morgan fingerprint density at radius 3 is 1.50 bits per heavy atom. The largest absolute Gasteiger partial charge is 0.480 e. The van der Waals surface area contributed by atoms with E-state index in [1.165, 1.54) is 36.4 Å². The van der Waals surface area contributed by atoms with Gasteiger partial charge in [0.2, 0.25) is 0 Å². The predicted octanol–water partition coefficient (Wildman–Crippen LogP) is 2.77. The first-order valence-electron chi connectivity index (χ1n) is 7.35. The molecule has 0 bridgehead atoms. The summed E-state index contributed by atoms with van der Waals surface area (Å²) in [5.74, 6) is 2.94. The van der Waals surface area contributed by atoms with Crippen LogP contribution in [0.3, 0.4) is 0 Å². The molecule has 0 saturated carbocycles. The van der Waals surface area contributed by atoms with E-state index in [0.717, 1.165) is 0 Å². The van der Waals surface area contributed by atoms with Crippen molar-refractivity contribution in [3.8, 4) is 47.3 Å². The number of carboxylic acid groups (broad SMARTS) is 2. The van der Waals surface area contributed by atoms with Crippen LogP contribution in [0.2, 0.25) is 0 Å². The van der Waals surface area contributed by atoms with Crippen LogP contribution in [0.15, 0.2) is 36.4 Å². The molecule has 2 aromatic rings. The molecule has 0 heterocycles. The molecule has 2 rings (SSSR count). The molecule has 2 N–H and O–H groups in total. The van der Waals surface area contributed by atoms with E-state index in [-0.39, 0.29) is 24.3 Å². The molecule has 2 aromatic carbocycles. The van der Waals surface area contributed by atoms with E-state index in [2.05, 4.69) is 11.8 Å². The van der Waals surface area contributed by atoms with Crippen LogP contribution in [0.25, 0.3) is 11.1 Å². The fourth-order valence-electron chi connectivity index (χ4n) is 2.24. The lowest BCUT2D eigenvalue weighted by Crippen LogP contribution is -2.03. The van der Waals surface area contributed by atoms with Crippen LogP contribution in [-0.2, 0) is 0 Å². The van der Waals surface area contributed by atoms with Gasteiger partial charge in [-0.1, -0.05) is 11.8 Å². The quantitative estimate of drug-likeness (QED) is 0.746. The lowest BCUT2D eigenvalue weighted by Gasteiger charge is -2.15. The van der Waals surface area contributed by atoms with Crippen LogP contribution in [0, 0.1) is 24.7 Å². The van der Waals surface area contributed by atoms with E-state index in [9.17, 15) is 19.8 Å². The molecule has 0 fully saturated rings. The molecule has 0 aromatic heterocycles. The summed E-state index contributed by atoms with van der Waals surface area (Å²) in [6, 6.07) is 8.35. The van der Waals surface area contributed by atoms with E-state index in [1.54, 1.807) is 0 Å². The van der Waals surface area contributed by atoms with Crippen LogP contribution in [0.1, 0.15) is 20.7 Å². The van der Waals surface area contributed by atoms with Gasteiger partial charge in [0.1, 0.15) is 24.7 Å². The summed E-state index contributed by atoms with van der Waals surface area (Å²) in [6.45, 7) is -0.0861. The van der Waals surface area contributed by atoms with Gasteiger partial charge in [0.15, 0.2) is 0 Å². The highest BCUT2D eigenvalue weighted by atomic mass is 16.5. The first-order valence-corrected chi connectivity index (χ1v) is 7.35. The zero-order valence-electron chi connectivity index (χ0n) is 13.6. The Bertz CT molecular complexity index is 853. The second kappa shape index (κ2) is 8.27. The van der Waals surface area contributed by atoms with Crippen LogP contribution < -0.4 is 9.47 Å². The zero-order chi connectivity index (χ0) is 19.1. The van der Waals surface area contributed by atoms with Gasteiger partial charge in [0.05, 0.1) is 11.1 Å². The molecular formula is C20H14O6. The van der Waals surface area contributed by atoms with E-state index >= 15 is 0 Å². The van der Waals surface area contributed by atoms with Crippen LogP contribution in [0.4, 0.5) is 0 Å². The van der Waals surface area contributed by atoms with Gasteiger partial charge < -0.3 is 19.7 Å². The third-order valence-corrected chi connectivity index (χ3v) is 3.37. The van der Waals surface area contributed by atoms with Crippen molar-refractivity contribution >= 4 is 11.9 Å². The number of carboxylic acids is 2. The molecule has 0 saturated heterocycles. The van der Waals surface area contributed by atoms with Crippen LogP contribution in [-0.4, -0.2) is 35.4 Å². The zero-order valence-corrected chi connectivity index (χ0v) is 13.6. The Kier molecular flexibility index (Phi) is 5.87. The van der Waals surface area contributed by atoms with Crippen LogP contribution >= 0.6 is 0 Å². The highest BCUT2D eigenvalue weighted by Crippen LogP contribution is 2.38. The Balaban J connectivity index is 2.69. The van der Waals surface area contributed by atoms with E-state index in [0.29, 0.717) is 22.6 Å². The monoisotopic (exact) mass is 350 g/mol. The van der Waals surface area contributed by atoms with Crippen LogP contribution in [0.5, 0.6) is 11.5 Å². The molecule has 6 nitrogen and oxygen atoms in total. The van der Waals surface area contributed by atoms with E-state index in [1.807, 2.05) is 0 Å². The lowest BCUT2D eigenvalue weighted by molar-refractivity contribution is 0.0686. The predicted molar refractivity (Wildman–Crippen MR) is 94.5 cm³/mol. The minimum absolute atomic E-state index is 0.00307. The van der Waals surface area contributed by atoms with E-state index in [4.69, 9.17) is 22.3 Å². The third-order valence-electron chi connectivity index (χ3n) is 3.37. The molecule has 0 aliphatic heterocycles. The van der Waals surface area contributed by atoms with Gasteiger partial charge in [-0.15, -0.1) is 12.8 Å². The van der Waals surface area contributed by atoms with Gasteiger partial charge in [0.25, 0.3) is 0 Å². The molecule has 0 amide bonds. The Hall–Kier alpha value is -3.90. The number of ether oxygens (including phenoxy) is 2. The van der Waals surface area contributed by atoms with Crippen molar-refractivity contribution in [1.29, 1.82) is 0 Å². The maximum atomic E-state index is 11.3. The highest BCUT2D eigenvalue weighted by molar-refractivity contribution is 5.93. The number of hydrogen-bond acceptors (Lipinski definition) is 4. The topological polar surface area (TPSA) is 93.1 Å². The minimum atomic E-state index is -1.14. The number of terminal acetylenes is 2. The highest BCUT2D eigenvalue weighted by Gasteiger charge is 2.17. The molecule has 26 heavy (non-hydrogen) atoms. The molecule has 0 aliphatic carbocycles. The van der Waals surface area contributed by atoms with Gasteiger partial charge in [-0.25, -0.2) is 9.59 Å². The lowest BCUT2D eigenvalue weighted by atomic mass is 9.98. The summed E-state index contributed by atoms with van der Waals surface area (Å²) in [6.07, 6.45) is 10.4. The molecule has 0 atom stereocenters.